The number of aliphatic carboxylic acids is 1. The van der Waals surface area contributed by atoms with Crippen LogP contribution in [0.15, 0.2) is 23.0 Å². The lowest BCUT2D eigenvalue weighted by Gasteiger charge is -2.39. The van der Waals surface area contributed by atoms with E-state index in [-0.39, 0.29) is 19.1 Å². The first-order chi connectivity index (χ1) is 10.1. The molecular weight excluding hydrogens is 274 g/mol. The molecule has 1 unspecified atom stereocenters. The largest absolute Gasteiger partial charge is 0.481 e. The van der Waals surface area contributed by atoms with Gasteiger partial charge in [0.15, 0.2) is 0 Å². The Morgan fingerprint density at radius 2 is 2.33 bits per heavy atom. The molecule has 1 aliphatic rings. The van der Waals surface area contributed by atoms with Crippen molar-refractivity contribution in [3.05, 3.63) is 24.2 Å². The zero-order valence-electron chi connectivity index (χ0n) is 12.2. The number of carbonyl (C=O) groups is 2. The SMILES string of the molecule is COCC1(C(=O)O)CCCN(C(=O)CCc2ccoc2)C1. The summed E-state index contributed by atoms with van der Waals surface area (Å²) < 4.78 is 10.0. The second-order valence-corrected chi connectivity index (χ2v) is 5.57. The first-order valence-corrected chi connectivity index (χ1v) is 7.08. The van der Waals surface area contributed by atoms with Gasteiger partial charge in [-0.05, 0) is 30.9 Å². The molecule has 21 heavy (non-hydrogen) atoms. The molecule has 0 radical (unpaired) electrons. The number of hydrogen-bond donors (Lipinski definition) is 1. The zero-order chi connectivity index (χ0) is 15.3. The van der Waals surface area contributed by atoms with Crippen LogP contribution in [0.2, 0.25) is 0 Å². The minimum Gasteiger partial charge on any atom is -0.481 e. The van der Waals surface area contributed by atoms with Crippen LogP contribution >= 0.6 is 0 Å². The first kappa shape index (κ1) is 15.6. The highest BCUT2D eigenvalue weighted by atomic mass is 16.5. The highest BCUT2D eigenvalue weighted by Gasteiger charge is 2.43. The Kier molecular flexibility index (Phi) is 5.01. The summed E-state index contributed by atoms with van der Waals surface area (Å²) in [5.41, 5.74) is -0.0000670. The van der Waals surface area contributed by atoms with Crippen molar-refractivity contribution in [1.82, 2.24) is 4.90 Å². The number of likely N-dealkylation sites (tertiary alicyclic amines) is 1. The van der Waals surface area contributed by atoms with Crippen LogP contribution in [0.4, 0.5) is 0 Å². The van der Waals surface area contributed by atoms with E-state index in [1.807, 2.05) is 6.07 Å². The Balaban J connectivity index is 1.96. The minimum absolute atomic E-state index is 0.0161. The van der Waals surface area contributed by atoms with Gasteiger partial charge < -0.3 is 19.2 Å². The molecule has 116 valence electrons. The van der Waals surface area contributed by atoms with Crippen molar-refractivity contribution in [2.75, 3.05) is 26.8 Å². The number of carboxylic acid groups (broad SMARTS) is 1. The van der Waals surface area contributed by atoms with E-state index in [0.29, 0.717) is 32.2 Å². The van der Waals surface area contributed by atoms with E-state index in [4.69, 9.17) is 9.15 Å². The fraction of sp³-hybridized carbons (Fsp3) is 0.600. The van der Waals surface area contributed by atoms with Crippen molar-refractivity contribution in [2.24, 2.45) is 5.41 Å². The molecule has 1 amide bonds. The Morgan fingerprint density at radius 1 is 1.52 bits per heavy atom. The third-order valence-electron chi connectivity index (χ3n) is 4.01. The average molecular weight is 295 g/mol. The molecule has 6 heteroatoms. The number of furan rings is 1. The van der Waals surface area contributed by atoms with Crippen molar-refractivity contribution in [3.63, 3.8) is 0 Å². The Labute approximate surface area is 123 Å². The Morgan fingerprint density at radius 3 is 2.95 bits per heavy atom. The second-order valence-electron chi connectivity index (χ2n) is 5.57. The number of amides is 1. The van der Waals surface area contributed by atoms with Crippen molar-refractivity contribution in [3.8, 4) is 0 Å². The Hall–Kier alpha value is -1.82. The van der Waals surface area contributed by atoms with E-state index in [1.54, 1.807) is 17.4 Å². The number of aryl methyl sites for hydroxylation is 1. The molecule has 0 aromatic carbocycles. The third-order valence-corrected chi connectivity index (χ3v) is 4.01. The standard InChI is InChI=1S/C15H21NO5/c1-20-11-15(14(18)19)6-2-7-16(10-15)13(17)4-3-12-5-8-21-9-12/h5,8-9H,2-4,6-7,10-11H2,1H3,(H,18,19). The van der Waals surface area contributed by atoms with E-state index in [0.717, 1.165) is 5.56 Å². The van der Waals surface area contributed by atoms with Gasteiger partial charge in [-0.2, -0.15) is 0 Å². The molecule has 1 aliphatic heterocycles. The van der Waals surface area contributed by atoms with Gasteiger partial charge in [-0.25, -0.2) is 0 Å². The van der Waals surface area contributed by atoms with Gasteiger partial charge >= 0.3 is 5.97 Å². The molecule has 0 spiro atoms. The molecule has 6 nitrogen and oxygen atoms in total. The summed E-state index contributed by atoms with van der Waals surface area (Å²) in [4.78, 5) is 25.5. The molecule has 2 heterocycles. The van der Waals surface area contributed by atoms with Crippen molar-refractivity contribution >= 4 is 11.9 Å². The molecule has 0 aliphatic carbocycles. The molecule has 1 saturated heterocycles. The summed E-state index contributed by atoms with van der Waals surface area (Å²) in [7, 11) is 1.49. The highest BCUT2D eigenvalue weighted by Crippen LogP contribution is 2.31. The summed E-state index contributed by atoms with van der Waals surface area (Å²) in [6.45, 7) is 0.969. The average Bonchev–Trinajstić information content (AvgIpc) is 2.98. The van der Waals surface area contributed by atoms with Crippen LogP contribution < -0.4 is 0 Å². The van der Waals surface area contributed by atoms with E-state index in [9.17, 15) is 14.7 Å². The molecule has 0 saturated carbocycles. The fourth-order valence-electron chi connectivity index (χ4n) is 2.82. The second kappa shape index (κ2) is 6.76. The molecule has 2 rings (SSSR count). The van der Waals surface area contributed by atoms with Gasteiger partial charge in [0, 0.05) is 26.6 Å². The van der Waals surface area contributed by atoms with E-state index >= 15 is 0 Å². The fourth-order valence-corrected chi connectivity index (χ4v) is 2.82. The number of hydrogen-bond acceptors (Lipinski definition) is 4. The predicted molar refractivity (Wildman–Crippen MR) is 74.8 cm³/mol. The van der Waals surface area contributed by atoms with Gasteiger partial charge in [-0.15, -0.1) is 0 Å². The summed E-state index contributed by atoms with van der Waals surface area (Å²) in [6.07, 6.45) is 5.40. The van der Waals surface area contributed by atoms with Crippen LogP contribution in [-0.4, -0.2) is 48.7 Å². The number of rotatable bonds is 6. The minimum atomic E-state index is -0.974. The third kappa shape index (κ3) is 3.64. The number of nitrogens with zero attached hydrogens (tertiary/aromatic N) is 1. The maximum atomic E-state index is 12.3. The van der Waals surface area contributed by atoms with Crippen LogP contribution in [-0.2, 0) is 20.7 Å². The monoisotopic (exact) mass is 295 g/mol. The Bertz CT molecular complexity index is 480. The van der Waals surface area contributed by atoms with Gasteiger partial charge in [0.05, 0.1) is 19.1 Å². The number of methoxy groups -OCH3 is 1. The van der Waals surface area contributed by atoms with Crippen LogP contribution in [0.3, 0.4) is 0 Å². The molecular formula is C15H21NO5. The lowest BCUT2D eigenvalue weighted by molar-refractivity contribution is -0.159. The quantitative estimate of drug-likeness (QED) is 0.861. The van der Waals surface area contributed by atoms with E-state index in [1.165, 1.54) is 7.11 Å². The molecule has 1 atom stereocenters. The molecule has 1 fully saturated rings. The van der Waals surface area contributed by atoms with Gasteiger partial charge in [-0.3, -0.25) is 9.59 Å². The summed E-state index contributed by atoms with van der Waals surface area (Å²) in [6, 6.07) is 1.83. The van der Waals surface area contributed by atoms with Crippen LogP contribution in [0.25, 0.3) is 0 Å². The van der Waals surface area contributed by atoms with E-state index in [2.05, 4.69) is 0 Å². The van der Waals surface area contributed by atoms with Crippen molar-refractivity contribution in [2.45, 2.75) is 25.7 Å². The first-order valence-electron chi connectivity index (χ1n) is 7.08. The van der Waals surface area contributed by atoms with Crippen LogP contribution in [0.1, 0.15) is 24.8 Å². The van der Waals surface area contributed by atoms with Gasteiger partial charge in [0.1, 0.15) is 5.41 Å². The molecule has 1 N–H and O–H groups in total. The van der Waals surface area contributed by atoms with Crippen LogP contribution in [0.5, 0.6) is 0 Å². The maximum absolute atomic E-state index is 12.3. The van der Waals surface area contributed by atoms with Crippen molar-refractivity contribution < 1.29 is 23.8 Å². The predicted octanol–water partition coefficient (Wildman–Crippen LogP) is 1.55. The smallest absolute Gasteiger partial charge is 0.313 e. The summed E-state index contributed by atoms with van der Waals surface area (Å²) in [5.74, 6) is -0.908. The van der Waals surface area contributed by atoms with Gasteiger partial charge in [-0.1, -0.05) is 0 Å². The zero-order valence-corrected chi connectivity index (χ0v) is 12.2. The molecule has 1 aromatic heterocycles. The van der Waals surface area contributed by atoms with E-state index < -0.39 is 11.4 Å². The number of carboxylic acids is 1. The van der Waals surface area contributed by atoms with Gasteiger partial charge in [0.2, 0.25) is 5.91 Å². The maximum Gasteiger partial charge on any atom is 0.313 e. The number of piperidine rings is 1. The topological polar surface area (TPSA) is 80.0 Å². The highest BCUT2D eigenvalue weighted by molar-refractivity contribution is 5.80. The summed E-state index contributed by atoms with van der Waals surface area (Å²) >= 11 is 0. The lowest BCUT2D eigenvalue weighted by atomic mass is 9.80. The normalized spacial score (nSPS) is 22.2. The van der Waals surface area contributed by atoms with Crippen molar-refractivity contribution in [1.29, 1.82) is 0 Å². The number of carbonyl (C=O) groups excluding carboxylic acids is 1. The lowest BCUT2D eigenvalue weighted by Crippen LogP contribution is -2.52. The summed E-state index contributed by atoms with van der Waals surface area (Å²) in [5, 5.41) is 9.47. The van der Waals surface area contributed by atoms with Gasteiger partial charge in [0.25, 0.3) is 0 Å². The molecule has 1 aromatic rings. The molecule has 0 bridgehead atoms. The number of ether oxygens (including phenoxy) is 1. The van der Waals surface area contributed by atoms with Crippen LogP contribution in [0, 0.1) is 5.41 Å².